The van der Waals surface area contributed by atoms with Gasteiger partial charge in [-0.25, -0.2) is 0 Å². The zero-order valence-electron chi connectivity index (χ0n) is 31.0. The maximum atomic E-state index is 11.4. The van der Waals surface area contributed by atoms with Crippen LogP contribution in [0.4, 0.5) is 0 Å². The highest BCUT2D eigenvalue weighted by atomic mass is 32.2. The van der Waals surface area contributed by atoms with E-state index in [4.69, 9.17) is 13.7 Å². The van der Waals surface area contributed by atoms with E-state index in [1.165, 1.54) is 51.4 Å². The number of allylic oxidation sites excluding steroid dienone is 10. The number of ether oxygens (including phenoxy) is 2. The molecule has 0 saturated carbocycles. The molecule has 5 nitrogen and oxygen atoms in total. The molecule has 1 aliphatic rings. The summed E-state index contributed by atoms with van der Waals surface area (Å²) < 4.78 is 40.4. The SMILES string of the molecule is CCCCC/C=C\CC#CC/C=C\CCCCCC1(CCCCC/C=C\C/C=C\C/C=C\CCCCC)OCC(CCOS(C)(=O)=O)O1. The largest absolute Gasteiger partial charge is 0.347 e. The van der Waals surface area contributed by atoms with E-state index < -0.39 is 15.9 Å². The van der Waals surface area contributed by atoms with Gasteiger partial charge in [0, 0.05) is 32.1 Å². The monoisotopic (exact) mass is 686 g/mol. The predicted octanol–water partition coefficient (Wildman–Crippen LogP) is 11.9. The molecule has 0 aliphatic carbocycles. The van der Waals surface area contributed by atoms with Crippen molar-refractivity contribution in [3.05, 3.63) is 60.8 Å². The van der Waals surface area contributed by atoms with Crippen LogP contribution in [0.3, 0.4) is 0 Å². The van der Waals surface area contributed by atoms with E-state index in [1.807, 2.05) is 0 Å². The Kier molecular flexibility index (Phi) is 28.6. The van der Waals surface area contributed by atoms with Crippen molar-refractivity contribution in [1.29, 1.82) is 0 Å². The van der Waals surface area contributed by atoms with Gasteiger partial charge in [-0.2, -0.15) is 8.42 Å². The Morgan fingerprint density at radius 3 is 1.58 bits per heavy atom. The van der Waals surface area contributed by atoms with E-state index in [-0.39, 0.29) is 12.7 Å². The minimum absolute atomic E-state index is 0.125. The lowest BCUT2D eigenvalue weighted by Crippen LogP contribution is -2.31. The Morgan fingerprint density at radius 2 is 1.10 bits per heavy atom. The lowest BCUT2D eigenvalue weighted by atomic mass is 9.99. The number of hydrogen-bond donors (Lipinski definition) is 0. The Balaban J connectivity index is 2.31. The lowest BCUT2D eigenvalue weighted by molar-refractivity contribution is -0.180. The summed E-state index contributed by atoms with van der Waals surface area (Å²) in [6, 6.07) is 0. The first-order chi connectivity index (χ1) is 23.4. The van der Waals surface area contributed by atoms with Gasteiger partial charge in [0.25, 0.3) is 10.1 Å². The summed E-state index contributed by atoms with van der Waals surface area (Å²) in [5.41, 5.74) is 0. The summed E-state index contributed by atoms with van der Waals surface area (Å²) in [6.45, 7) is 5.11. The molecule has 1 rings (SSSR count). The van der Waals surface area contributed by atoms with Crippen LogP contribution in [-0.2, 0) is 23.8 Å². The van der Waals surface area contributed by atoms with Crippen molar-refractivity contribution in [2.45, 2.75) is 173 Å². The van der Waals surface area contributed by atoms with Gasteiger partial charge < -0.3 is 9.47 Å². The van der Waals surface area contributed by atoms with Gasteiger partial charge in [-0.3, -0.25) is 4.18 Å². The Morgan fingerprint density at radius 1 is 0.646 bits per heavy atom. The van der Waals surface area contributed by atoms with E-state index in [2.05, 4.69) is 86.4 Å². The molecule has 2 unspecified atom stereocenters. The van der Waals surface area contributed by atoms with Gasteiger partial charge in [-0.05, 0) is 77.0 Å². The van der Waals surface area contributed by atoms with Gasteiger partial charge in [-0.1, -0.05) is 125 Å². The minimum Gasteiger partial charge on any atom is -0.347 e. The van der Waals surface area contributed by atoms with Crippen LogP contribution < -0.4 is 0 Å². The van der Waals surface area contributed by atoms with Gasteiger partial charge in [0.2, 0.25) is 0 Å². The molecule has 0 aromatic heterocycles. The molecule has 1 heterocycles. The van der Waals surface area contributed by atoms with Crippen molar-refractivity contribution in [1.82, 2.24) is 0 Å². The summed E-state index contributed by atoms with van der Waals surface area (Å²) in [6.07, 6.45) is 48.5. The maximum absolute atomic E-state index is 11.4. The molecule has 0 spiro atoms. The third-order valence-electron chi connectivity index (χ3n) is 8.40. The first-order valence-electron chi connectivity index (χ1n) is 19.3. The quantitative estimate of drug-likeness (QED) is 0.0326. The smallest absolute Gasteiger partial charge is 0.264 e. The molecule has 1 fully saturated rings. The average Bonchev–Trinajstić information content (AvgIpc) is 3.46. The molecule has 6 heteroatoms. The highest BCUT2D eigenvalue weighted by molar-refractivity contribution is 7.85. The molecule has 1 saturated heterocycles. The third kappa shape index (κ3) is 28.0. The van der Waals surface area contributed by atoms with Crippen molar-refractivity contribution in [2.24, 2.45) is 0 Å². The van der Waals surface area contributed by atoms with Crippen LogP contribution in [0.25, 0.3) is 0 Å². The topological polar surface area (TPSA) is 61.8 Å². The number of hydrogen-bond acceptors (Lipinski definition) is 5. The van der Waals surface area contributed by atoms with E-state index in [1.54, 1.807) is 0 Å². The van der Waals surface area contributed by atoms with Crippen molar-refractivity contribution in [2.75, 3.05) is 19.5 Å². The first kappa shape index (κ1) is 44.1. The molecule has 2 atom stereocenters. The fourth-order valence-corrected chi connectivity index (χ4v) is 6.01. The predicted molar refractivity (Wildman–Crippen MR) is 205 cm³/mol. The molecule has 0 aromatic carbocycles. The normalized spacial score (nSPS) is 18.8. The fourth-order valence-electron chi connectivity index (χ4n) is 5.61. The minimum atomic E-state index is -3.45. The molecule has 1 aliphatic heterocycles. The molecule has 0 bridgehead atoms. The second-order valence-corrected chi connectivity index (χ2v) is 14.7. The summed E-state index contributed by atoms with van der Waals surface area (Å²) in [5.74, 6) is 5.92. The zero-order chi connectivity index (χ0) is 34.9. The van der Waals surface area contributed by atoms with Crippen molar-refractivity contribution < 1.29 is 22.1 Å². The zero-order valence-corrected chi connectivity index (χ0v) is 31.8. The second kappa shape index (κ2) is 31.1. The molecule has 274 valence electrons. The fraction of sp³-hybridized carbons (Fsp3) is 0.714. The average molecular weight is 687 g/mol. The van der Waals surface area contributed by atoms with Crippen LogP contribution in [-0.4, -0.2) is 39.8 Å². The molecular weight excluding hydrogens is 617 g/mol. The summed E-state index contributed by atoms with van der Waals surface area (Å²) in [5, 5.41) is 0. The second-order valence-electron chi connectivity index (χ2n) is 13.1. The first-order valence-corrected chi connectivity index (χ1v) is 21.1. The lowest BCUT2D eigenvalue weighted by Gasteiger charge is -2.28. The van der Waals surface area contributed by atoms with Crippen molar-refractivity contribution >= 4 is 10.1 Å². The van der Waals surface area contributed by atoms with Gasteiger partial charge in [-0.15, -0.1) is 0 Å². The highest BCUT2D eigenvalue weighted by Crippen LogP contribution is 2.35. The van der Waals surface area contributed by atoms with Crippen molar-refractivity contribution in [3.63, 3.8) is 0 Å². The molecule has 0 N–H and O–H groups in total. The standard InChI is InChI=1S/C42H70O5S/c1-4-6-8-10-12-14-16-18-20-22-24-26-28-30-32-34-37-42(45-40-41(47-42)36-39-46-48(3,43)44)38-35-33-31-29-27-25-23-21-19-17-15-13-11-9-7-5-2/h12-15,18,20,24-27,41H,4-11,16-17,22-23,28-40H2,1-3H3/b14-12-,15-13-,20-18-,26-24-,27-25-. The number of rotatable bonds is 30. The molecule has 48 heavy (non-hydrogen) atoms. The van der Waals surface area contributed by atoms with Gasteiger partial charge in [0.05, 0.1) is 25.6 Å². The Hall–Kier alpha value is -1.91. The summed E-state index contributed by atoms with van der Waals surface area (Å²) in [7, 11) is -3.45. The van der Waals surface area contributed by atoms with E-state index in [9.17, 15) is 8.42 Å². The summed E-state index contributed by atoms with van der Waals surface area (Å²) >= 11 is 0. The number of unbranched alkanes of at least 4 members (excludes halogenated alkanes) is 12. The highest BCUT2D eigenvalue weighted by Gasteiger charge is 2.40. The molecule has 0 radical (unpaired) electrons. The van der Waals surface area contributed by atoms with Gasteiger partial charge >= 0.3 is 0 Å². The maximum Gasteiger partial charge on any atom is 0.264 e. The van der Waals surface area contributed by atoms with Gasteiger partial charge in [0.1, 0.15) is 0 Å². The van der Waals surface area contributed by atoms with Crippen LogP contribution >= 0.6 is 0 Å². The third-order valence-corrected chi connectivity index (χ3v) is 8.99. The summed E-state index contributed by atoms with van der Waals surface area (Å²) in [4.78, 5) is 0. The van der Waals surface area contributed by atoms with Crippen LogP contribution in [0.15, 0.2) is 60.8 Å². The Labute approximate surface area is 296 Å². The van der Waals surface area contributed by atoms with E-state index in [0.717, 1.165) is 96.1 Å². The Bertz CT molecular complexity index is 1080. The van der Waals surface area contributed by atoms with Crippen LogP contribution in [0.2, 0.25) is 0 Å². The van der Waals surface area contributed by atoms with Crippen molar-refractivity contribution in [3.8, 4) is 11.8 Å². The molecule has 0 amide bonds. The van der Waals surface area contributed by atoms with Crippen LogP contribution in [0.5, 0.6) is 0 Å². The van der Waals surface area contributed by atoms with Gasteiger partial charge in [0.15, 0.2) is 5.79 Å². The van der Waals surface area contributed by atoms with Crippen LogP contribution in [0.1, 0.15) is 162 Å². The van der Waals surface area contributed by atoms with E-state index >= 15 is 0 Å². The van der Waals surface area contributed by atoms with Crippen LogP contribution in [0, 0.1) is 11.8 Å². The molecular formula is C42H70O5S. The van der Waals surface area contributed by atoms with E-state index in [0.29, 0.717) is 13.0 Å². The molecule has 0 aromatic rings.